The molecule has 0 N–H and O–H groups in total. The molecule has 0 spiro atoms. The highest BCUT2D eigenvalue weighted by molar-refractivity contribution is 6.09. The average molecular weight is 624 g/mol. The van der Waals surface area contributed by atoms with Crippen LogP contribution >= 0.6 is 0 Å². The predicted molar refractivity (Wildman–Crippen MR) is 204 cm³/mol. The molecule has 228 valence electrons. The third-order valence-electron chi connectivity index (χ3n) is 9.92. The van der Waals surface area contributed by atoms with E-state index in [2.05, 4.69) is 164 Å². The van der Waals surface area contributed by atoms with E-state index in [0.717, 1.165) is 39.4 Å². The Balaban J connectivity index is 1.23. The molecule has 0 unspecified atom stereocenters. The number of fused-ring (bicyclic) bond motifs is 3. The van der Waals surface area contributed by atoms with Crippen LogP contribution in [0.15, 0.2) is 158 Å². The molecule has 0 saturated heterocycles. The summed E-state index contributed by atoms with van der Waals surface area (Å²) in [7, 11) is 0. The minimum Gasteiger partial charge on any atom is -0.208 e. The largest absolute Gasteiger partial charge is 0.208 e. The minimum atomic E-state index is 0.660. The van der Waals surface area contributed by atoms with Crippen molar-refractivity contribution in [3.05, 3.63) is 169 Å². The molecular weight excluding hydrogens is 595 g/mol. The summed E-state index contributed by atoms with van der Waals surface area (Å²) in [5, 5.41) is 9.60. The van der Waals surface area contributed by atoms with E-state index in [1.54, 1.807) is 0 Å². The van der Waals surface area contributed by atoms with E-state index in [1.807, 2.05) is 0 Å². The lowest BCUT2D eigenvalue weighted by Crippen LogP contribution is -2.03. The lowest BCUT2D eigenvalue weighted by atomic mass is 9.89. The second kappa shape index (κ2) is 11.1. The summed E-state index contributed by atoms with van der Waals surface area (Å²) in [6, 6.07) is 54.0. The topological polar surface area (TPSA) is 38.7 Å². The van der Waals surface area contributed by atoms with Gasteiger partial charge in [0.05, 0.1) is 0 Å². The SMILES string of the molecule is C1=Cc2c(-c3nc(-c4ccc5ccccc5c4)nc(-c4ccc(-c5cccc6ccccc56)c5ccccc45)n3)ccc3cccc(c23)C1. The number of benzene rings is 8. The smallest absolute Gasteiger partial charge is 0.164 e. The molecule has 1 aromatic heterocycles. The van der Waals surface area contributed by atoms with Crippen LogP contribution in [0.3, 0.4) is 0 Å². The highest BCUT2D eigenvalue weighted by atomic mass is 15.0. The molecule has 0 radical (unpaired) electrons. The molecule has 3 heteroatoms. The van der Waals surface area contributed by atoms with E-state index in [4.69, 9.17) is 15.0 Å². The summed E-state index contributed by atoms with van der Waals surface area (Å²) >= 11 is 0. The summed E-state index contributed by atoms with van der Waals surface area (Å²) in [6.07, 6.45) is 5.40. The Morgan fingerprint density at radius 3 is 1.86 bits per heavy atom. The van der Waals surface area contributed by atoms with Crippen LogP contribution in [0.1, 0.15) is 11.1 Å². The number of rotatable bonds is 4. The molecule has 1 aliphatic rings. The van der Waals surface area contributed by atoms with Crippen molar-refractivity contribution in [1.29, 1.82) is 0 Å². The van der Waals surface area contributed by atoms with Crippen molar-refractivity contribution >= 4 is 49.2 Å². The number of allylic oxidation sites excluding steroid dienone is 1. The number of hydrogen-bond acceptors (Lipinski definition) is 3. The van der Waals surface area contributed by atoms with Gasteiger partial charge in [0.25, 0.3) is 0 Å². The van der Waals surface area contributed by atoms with Crippen molar-refractivity contribution < 1.29 is 0 Å². The monoisotopic (exact) mass is 623 g/mol. The normalized spacial score (nSPS) is 12.3. The molecule has 0 bridgehead atoms. The van der Waals surface area contributed by atoms with Crippen LogP contribution in [-0.4, -0.2) is 15.0 Å². The van der Waals surface area contributed by atoms with Gasteiger partial charge in [-0.05, 0) is 90.0 Å². The third kappa shape index (κ3) is 4.55. The maximum Gasteiger partial charge on any atom is 0.164 e. The molecular formula is C46H29N3. The molecule has 3 nitrogen and oxygen atoms in total. The Kier molecular flexibility index (Phi) is 6.25. The van der Waals surface area contributed by atoms with Gasteiger partial charge < -0.3 is 0 Å². The quantitative estimate of drug-likeness (QED) is 0.196. The van der Waals surface area contributed by atoms with Crippen molar-refractivity contribution in [2.24, 2.45) is 0 Å². The molecule has 1 aliphatic carbocycles. The zero-order valence-electron chi connectivity index (χ0n) is 26.6. The lowest BCUT2D eigenvalue weighted by molar-refractivity contribution is 1.08. The van der Waals surface area contributed by atoms with Gasteiger partial charge in [0, 0.05) is 16.7 Å². The fourth-order valence-electron chi connectivity index (χ4n) is 7.59. The standard InChI is InChI=1S/C46H29N3/c1-2-12-33-28-34(23-22-29(33)10-1)44-47-45(49-46(48-44)42-25-24-32-15-7-14-31-16-9-21-40(42)43(31)32)41-27-26-39(37-18-5-6-19-38(37)41)36-20-8-13-30-11-3-4-17-35(30)36/h1-15,17-28H,16H2. The average Bonchev–Trinajstić information content (AvgIpc) is 3.17. The Labute approximate surface area is 283 Å². The Morgan fingerprint density at radius 2 is 0.980 bits per heavy atom. The Morgan fingerprint density at radius 1 is 0.388 bits per heavy atom. The zero-order valence-corrected chi connectivity index (χ0v) is 26.6. The van der Waals surface area contributed by atoms with Gasteiger partial charge in [-0.2, -0.15) is 0 Å². The fourth-order valence-corrected chi connectivity index (χ4v) is 7.59. The first-order chi connectivity index (χ1) is 24.3. The lowest BCUT2D eigenvalue weighted by Gasteiger charge is -2.17. The van der Waals surface area contributed by atoms with Crippen LogP contribution in [0, 0.1) is 0 Å². The first-order valence-electron chi connectivity index (χ1n) is 16.8. The van der Waals surface area contributed by atoms with Gasteiger partial charge in [0.1, 0.15) is 0 Å². The molecule has 1 heterocycles. The molecule has 49 heavy (non-hydrogen) atoms. The van der Waals surface area contributed by atoms with Gasteiger partial charge in [-0.25, -0.2) is 15.0 Å². The molecule has 8 aromatic carbocycles. The third-order valence-corrected chi connectivity index (χ3v) is 9.92. The minimum absolute atomic E-state index is 0.660. The van der Waals surface area contributed by atoms with E-state index >= 15 is 0 Å². The van der Waals surface area contributed by atoms with Gasteiger partial charge in [-0.15, -0.1) is 0 Å². The summed E-state index contributed by atoms with van der Waals surface area (Å²) in [6.45, 7) is 0. The van der Waals surface area contributed by atoms with E-state index in [0.29, 0.717) is 17.5 Å². The van der Waals surface area contributed by atoms with Gasteiger partial charge >= 0.3 is 0 Å². The molecule has 9 aromatic rings. The second-order valence-corrected chi connectivity index (χ2v) is 12.7. The molecule has 0 atom stereocenters. The fraction of sp³-hybridized carbons (Fsp3) is 0.0217. The maximum absolute atomic E-state index is 5.28. The van der Waals surface area contributed by atoms with Crippen LogP contribution in [-0.2, 0) is 6.42 Å². The van der Waals surface area contributed by atoms with Crippen molar-refractivity contribution in [1.82, 2.24) is 15.0 Å². The summed E-state index contributed by atoms with van der Waals surface area (Å²) < 4.78 is 0. The molecule has 0 fully saturated rings. The highest BCUT2D eigenvalue weighted by Crippen LogP contribution is 2.40. The molecule has 0 saturated carbocycles. The number of hydrogen-bond donors (Lipinski definition) is 0. The van der Waals surface area contributed by atoms with Crippen molar-refractivity contribution in [2.45, 2.75) is 6.42 Å². The first-order valence-corrected chi connectivity index (χ1v) is 16.8. The van der Waals surface area contributed by atoms with Gasteiger partial charge in [0.2, 0.25) is 0 Å². The zero-order chi connectivity index (χ0) is 32.3. The van der Waals surface area contributed by atoms with Gasteiger partial charge in [-0.3, -0.25) is 0 Å². The maximum atomic E-state index is 5.28. The van der Waals surface area contributed by atoms with Crippen molar-refractivity contribution in [3.8, 4) is 45.3 Å². The molecule has 0 aliphatic heterocycles. The van der Waals surface area contributed by atoms with E-state index < -0.39 is 0 Å². The summed E-state index contributed by atoms with van der Waals surface area (Å²) in [4.78, 5) is 15.7. The van der Waals surface area contributed by atoms with Crippen LogP contribution < -0.4 is 0 Å². The van der Waals surface area contributed by atoms with Crippen LogP contribution in [0.4, 0.5) is 0 Å². The van der Waals surface area contributed by atoms with Crippen LogP contribution in [0.2, 0.25) is 0 Å². The summed E-state index contributed by atoms with van der Waals surface area (Å²) in [5.74, 6) is 2.00. The molecule has 0 amide bonds. The number of nitrogens with zero attached hydrogens (tertiary/aromatic N) is 3. The molecule has 10 rings (SSSR count). The van der Waals surface area contributed by atoms with Crippen molar-refractivity contribution in [3.63, 3.8) is 0 Å². The van der Waals surface area contributed by atoms with Crippen LogP contribution in [0.5, 0.6) is 0 Å². The second-order valence-electron chi connectivity index (χ2n) is 12.7. The van der Waals surface area contributed by atoms with Crippen LogP contribution in [0.25, 0.3) is 94.5 Å². The predicted octanol–water partition coefficient (Wildman–Crippen LogP) is 11.7. The van der Waals surface area contributed by atoms with Gasteiger partial charge in [0.15, 0.2) is 17.5 Å². The van der Waals surface area contributed by atoms with E-state index in [-0.39, 0.29) is 0 Å². The number of aromatic nitrogens is 3. The van der Waals surface area contributed by atoms with E-state index in [9.17, 15) is 0 Å². The highest BCUT2D eigenvalue weighted by Gasteiger charge is 2.20. The van der Waals surface area contributed by atoms with Gasteiger partial charge in [-0.1, -0.05) is 146 Å². The Hall–Kier alpha value is -6.45. The summed E-state index contributed by atoms with van der Waals surface area (Å²) in [5.41, 5.74) is 7.86. The van der Waals surface area contributed by atoms with E-state index in [1.165, 1.54) is 49.0 Å². The first kappa shape index (κ1) is 27.6. The van der Waals surface area contributed by atoms with Crippen molar-refractivity contribution in [2.75, 3.05) is 0 Å². The Bertz CT molecular complexity index is 2810.